The first kappa shape index (κ1) is 26.6. The second kappa shape index (κ2) is 10.5. The molecule has 8 heteroatoms. The summed E-state index contributed by atoms with van der Waals surface area (Å²) in [7, 11) is -2.28. The summed E-state index contributed by atoms with van der Waals surface area (Å²) in [6.07, 6.45) is 1.64. The lowest BCUT2D eigenvalue weighted by molar-refractivity contribution is 0.101. The molecular formula is C29H32N2O5S. The quantitative estimate of drug-likeness (QED) is 0.429. The molecule has 1 fully saturated rings. The van der Waals surface area contributed by atoms with E-state index in [0.717, 1.165) is 18.4 Å². The number of ether oxygens (including phenoxy) is 1. The maximum absolute atomic E-state index is 13.2. The SMILES string of the molecule is COc1ccc(S(=O)(=O)N2CCCC2)cc1C(=O)Nc1cccc(C(=O)c2ccc(C(C)(C)C)cc2)c1. The first-order chi connectivity index (χ1) is 17.5. The van der Waals surface area contributed by atoms with Gasteiger partial charge in [-0.1, -0.05) is 57.2 Å². The van der Waals surface area contributed by atoms with Crippen molar-refractivity contribution in [3.63, 3.8) is 0 Å². The van der Waals surface area contributed by atoms with Crippen LogP contribution in [0.25, 0.3) is 0 Å². The highest BCUT2D eigenvalue weighted by molar-refractivity contribution is 7.89. The Balaban J connectivity index is 1.57. The Kier molecular flexibility index (Phi) is 7.52. The van der Waals surface area contributed by atoms with Crippen LogP contribution in [-0.4, -0.2) is 44.6 Å². The fourth-order valence-corrected chi connectivity index (χ4v) is 5.87. The summed E-state index contributed by atoms with van der Waals surface area (Å²) in [5.41, 5.74) is 2.61. The summed E-state index contributed by atoms with van der Waals surface area (Å²) >= 11 is 0. The minimum atomic E-state index is -3.70. The van der Waals surface area contributed by atoms with E-state index >= 15 is 0 Å². The van der Waals surface area contributed by atoms with Crippen molar-refractivity contribution in [3.05, 3.63) is 89.0 Å². The zero-order chi connectivity index (χ0) is 26.8. The molecule has 1 amide bonds. The van der Waals surface area contributed by atoms with Crippen LogP contribution in [0, 0.1) is 0 Å². The maximum atomic E-state index is 13.2. The van der Waals surface area contributed by atoms with Gasteiger partial charge in [0.1, 0.15) is 5.75 Å². The lowest BCUT2D eigenvalue weighted by atomic mass is 9.86. The summed E-state index contributed by atoms with van der Waals surface area (Å²) in [6.45, 7) is 7.28. The van der Waals surface area contributed by atoms with E-state index in [1.807, 2.05) is 24.3 Å². The summed E-state index contributed by atoms with van der Waals surface area (Å²) in [4.78, 5) is 26.3. The van der Waals surface area contributed by atoms with Crippen LogP contribution in [0.5, 0.6) is 5.75 Å². The molecule has 1 heterocycles. The van der Waals surface area contributed by atoms with Crippen LogP contribution in [0.1, 0.15) is 65.5 Å². The molecule has 0 aromatic heterocycles. The molecule has 0 saturated carbocycles. The smallest absolute Gasteiger partial charge is 0.259 e. The molecule has 37 heavy (non-hydrogen) atoms. The number of carbonyl (C=O) groups excluding carboxylic acids is 2. The summed E-state index contributed by atoms with van der Waals surface area (Å²) < 4.78 is 32.8. The minimum absolute atomic E-state index is 0.0159. The van der Waals surface area contributed by atoms with Gasteiger partial charge in [-0.15, -0.1) is 0 Å². The monoisotopic (exact) mass is 520 g/mol. The lowest BCUT2D eigenvalue weighted by Crippen LogP contribution is -2.28. The van der Waals surface area contributed by atoms with Gasteiger partial charge < -0.3 is 10.1 Å². The van der Waals surface area contributed by atoms with Crippen LogP contribution in [0.3, 0.4) is 0 Å². The van der Waals surface area contributed by atoms with Crippen LogP contribution in [0.2, 0.25) is 0 Å². The van der Waals surface area contributed by atoms with Crippen LogP contribution in [0.4, 0.5) is 5.69 Å². The standard InChI is InChI=1S/C29H32N2O5S/c1-29(2,3)22-12-10-20(11-13-22)27(32)21-8-7-9-23(18-21)30-28(33)25-19-24(14-15-26(25)36-4)37(34,35)31-16-5-6-17-31/h7-15,18-19H,5-6,16-17H2,1-4H3,(H,30,33). The van der Waals surface area contributed by atoms with Gasteiger partial charge in [0, 0.05) is 29.9 Å². The Hall–Kier alpha value is -3.49. The molecule has 0 atom stereocenters. The average molecular weight is 521 g/mol. The second-order valence-electron chi connectivity index (χ2n) is 10.2. The molecule has 0 bridgehead atoms. The Morgan fingerprint density at radius 1 is 0.892 bits per heavy atom. The van der Waals surface area contributed by atoms with E-state index in [2.05, 4.69) is 26.1 Å². The van der Waals surface area contributed by atoms with Crippen molar-refractivity contribution < 1.29 is 22.7 Å². The molecule has 1 aliphatic rings. The van der Waals surface area contributed by atoms with E-state index in [9.17, 15) is 18.0 Å². The van der Waals surface area contributed by atoms with E-state index in [1.165, 1.54) is 29.6 Å². The lowest BCUT2D eigenvalue weighted by Gasteiger charge is -2.19. The number of amides is 1. The van der Waals surface area contributed by atoms with Crippen molar-refractivity contribution in [2.75, 3.05) is 25.5 Å². The zero-order valence-corrected chi connectivity index (χ0v) is 22.4. The maximum Gasteiger partial charge on any atom is 0.259 e. The Bertz CT molecular complexity index is 1420. The molecule has 0 aliphatic carbocycles. The average Bonchev–Trinajstić information content (AvgIpc) is 3.44. The van der Waals surface area contributed by atoms with Gasteiger partial charge in [-0.05, 0) is 54.2 Å². The summed E-state index contributed by atoms with van der Waals surface area (Å²) in [6, 6.07) is 18.5. The van der Waals surface area contributed by atoms with Crippen LogP contribution < -0.4 is 10.1 Å². The fraction of sp³-hybridized carbons (Fsp3) is 0.310. The van der Waals surface area contributed by atoms with Gasteiger partial charge in [0.05, 0.1) is 17.6 Å². The molecule has 0 unspecified atom stereocenters. The van der Waals surface area contributed by atoms with E-state index in [0.29, 0.717) is 29.9 Å². The number of nitrogens with zero attached hydrogens (tertiary/aromatic N) is 1. The molecule has 4 rings (SSSR count). The number of anilines is 1. The fourth-order valence-electron chi connectivity index (χ4n) is 4.33. The van der Waals surface area contributed by atoms with Gasteiger partial charge in [-0.25, -0.2) is 8.42 Å². The highest BCUT2D eigenvalue weighted by atomic mass is 32.2. The number of carbonyl (C=O) groups is 2. The highest BCUT2D eigenvalue weighted by Gasteiger charge is 2.28. The molecule has 1 aliphatic heterocycles. The number of ketones is 1. The van der Waals surface area contributed by atoms with Crippen LogP contribution in [-0.2, 0) is 15.4 Å². The van der Waals surface area contributed by atoms with Crippen LogP contribution >= 0.6 is 0 Å². The third-order valence-corrected chi connectivity index (χ3v) is 8.41. The van der Waals surface area contributed by atoms with Gasteiger partial charge in [-0.2, -0.15) is 4.31 Å². The van der Waals surface area contributed by atoms with Gasteiger partial charge in [0.25, 0.3) is 5.91 Å². The van der Waals surface area contributed by atoms with Crippen molar-refractivity contribution in [1.29, 1.82) is 0 Å². The summed E-state index contributed by atoms with van der Waals surface area (Å²) in [5, 5.41) is 2.78. The van der Waals surface area contributed by atoms with Crippen LogP contribution in [0.15, 0.2) is 71.6 Å². The predicted molar refractivity (Wildman–Crippen MR) is 144 cm³/mol. The molecule has 3 aromatic carbocycles. The first-order valence-corrected chi connectivity index (χ1v) is 13.7. The van der Waals surface area contributed by atoms with Gasteiger partial charge in [0.2, 0.25) is 10.0 Å². The number of nitrogens with one attached hydrogen (secondary N) is 1. The van der Waals surface area contributed by atoms with Gasteiger partial charge in [-0.3, -0.25) is 9.59 Å². The molecule has 194 valence electrons. The minimum Gasteiger partial charge on any atom is -0.496 e. The van der Waals surface area contributed by atoms with E-state index < -0.39 is 15.9 Å². The number of rotatable bonds is 7. The van der Waals surface area contributed by atoms with Crippen molar-refractivity contribution in [2.24, 2.45) is 0 Å². The first-order valence-electron chi connectivity index (χ1n) is 12.3. The molecule has 7 nitrogen and oxygen atoms in total. The highest BCUT2D eigenvalue weighted by Crippen LogP contribution is 2.28. The molecular weight excluding hydrogens is 488 g/mol. The van der Waals surface area contributed by atoms with Crippen molar-refractivity contribution >= 4 is 27.4 Å². The van der Waals surface area contributed by atoms with E-state index in [-0.39, 0.29) is 27.4 Å². The molecule has 3 aromatic rings. The molecule has 1 saturated heterocycles. The number of sulfonamides is 1. The molecule has 0 spiro atoms. The number of benzene rings is 3. The Labute approximate surface area is 218 Å². The van der Waals surface area contributed by atoms with E-state index in [4.69, 9.17) is 4.74 Å². The van der Waals surface area contributed by atoms with Gasteiger partial charge >= 0.3 is 0 Å². The molecule has 0 radical (unpaired) electrons. The number of hydrogen-bond acceptors (Lipinski definition) is 5. The largest absolute Gasteiger partial charge is 0.496 e. The number of hydrogen-bond donors (Lipinski definition) is 1. The third-order valence-electron chi connectivity index (χ3n) is 6.51. The van der Waals surface area contributed by atoms with Crippen molar-refractivity contribution in [3.8, 4) is 5.75 Å². The van der Waals surface area contributed by atoms with Gasteiger partial charge in [0.15, 0.2) is 5.78 Å². The van der Waals surface area contributed by atoms with Crippen molar-refractivity contribution in [1.82, 2.24) is 4.31 Å². The number of methoxy groups -OCH3 is 1. The second-order valence-corrected chi connectivity index (χ2v) is 12.1. The zero-order valence-electron chi connectivity index (χ0n) is 21.6. The molecule has 1 N–H and O–H groups in total. The summed E-state index contributed by atoms with van der Waals surface area (Å²) in [5.74, 6) is -0.439. The third kappa shape index (κ3) is 5.76. The van der Waals surface area contributed by atoms with E-state index in [1.54, 1.807) is 24.3 Å². The Morgan fingerprint density at radius 3 is 2.19 bits per heavy atom. The topological polar surface area (TPSA) is 92.8 Å². The predicted octanol–water partition coefficient (Wildman–Crippen LogP) is 5.26. The Morgan fingerprint density at radius 2 is 1.57 bits per heavy atom. The van der Waals surface area contributed by atoms with Crippen molar-refractivity contribution in [2.45, 2.75) is 43.9 Å². The normalized spacial score (nSPS) is 14.4.